The Morgan fingerprint density at radius 2 is 2.50 bits per heavy atom. The molecule has 8 heavy (non-hydrogen) atoms. The van der Waals surface area contributed by atoms with Gasteiger partial charge in [0.1, 0.15) is 5.78 Å². The van der Waals surface area contributed by atoms with Crippen LogP contribution in [0.5, 0.6) is 0 Å². The minimum atomic E-state index is 0.176. The van der Waals surface area contributed by atoms with Gasteiger partial charge in [-0.3, -0.25) is 4.79 Å². The van der Waals surface area contributed by atoms with Crippen molar-refractivity contribution in [3.8, 4) is 0 Å². The van der Waals surface area contributed by atoms with Crippen LogP contribution in [0.4, 0.5) is 0 Å². The normalized spacial score (nSPS) is 29.1. The fourth-order valence-electron chi connectivity index (χ4n) is 1.12. The van der Waals surface area contributed by atoms with Gasteiger partial charge in [-0.05, 0) is 19.9 Å². The van der Waals surface area contributed by atoms with Crippen LogP contribution in [-0.2, 0) is 4.79 Å². The van der Waals surface area contributed by atoms with Gasteiger partial charge in [0.15, 0.2) is 0 Å². The van der Waals surface area contributed by atoms with E-state index < -0.39 is 0 Å². The lowest BCUT2D eigenvalue weighted by atomic mass is 10.2. The average molecular weight is 113 g/mol. The predicted octanol–water partition coefficient (Wildman–Crippen LogP) is 0.327. The fourth-order valence-corrected chi connectivity index (χ4v) is 1.12. The largest absolute Gasteiger partial charge is 0.311 e. The van der Waals surface area contributed by atoms with Crippen molar-refractivity contribution in [3.63, 3.8) is 0 Å². The molecule has 46 valence electrons. The minimum Gasteiger partial charge on any atom is -0.311 e. The lowest BCUT2D eigenvalue weighted by Crippen LogP contribution is -2.28. The first-order valence-corrected chi connectivity index (χ1v) is 3.04. The number of rotatable bonds is 1. The van der Waals surface area contributed by atoms with Gasteiger partial charge < -0.3 is 5.32 Å². The molecule has 0 radical (unpaired) electrons. The van der Waals surface area contributed by atoms with Gasteiger partial charge in [0.05, 0.1) is 6.04 Å². The van der Waals surface area contributed by atoms with Crippen LogP contribution in [0.2, 0.25) is 0 Å². The van der Waals surface area contributed by atoms with E-state index in [0.717, 1.165) is 19.3 Å². The molecule has 2 heteroatoms. The molecule has 1 aliphatic carbocycles. The van der Waals surface area contributed by atoms with E-state index in [0.29, 0.717) is 5.78 Å². The highest BCUT2D eigenvalue weighted by Crippen LogP contribution is 2.12. The van der Waals surface area contributed by atoms with Gasteiger partial charge in [0.25, 0.3) is 0 Å². The molecule has 1 saturated carbocycles. The molecule has 0 amide bonds. The number of hydrogen-bond donors (Lipinski definition) is 1. The number of Topliss-reactive ketones (excluding diaryl/α,β-unsaturated/α-hetero) is 1. The van der Waals surface area contributed by atoms with Crippen molar-refractivity contribution >= 4 is 5.78 Å². The van der Waals surface area contributed by atoms with Crippen molar-refractivity contribution in [1.82, 2.24) is 5.32 Å². The van der Waals surface area contributed by atoms with Crippen molar-refractivity contribution in [2.24, 2.45) is 0 Å². The van der Waals surface area contributed by atoms with Crippen LogP contribution in [0.25, 0.3) is 0 Å². The maximum Gasteiger partial charge on any atom is 0.149 e. The summed E-state index contributed by atoms with van der Waals surface area (Å²) in [5.41, 5.74) is 0. The molecule has 1 fully saturated rings. The summed E-state index contributed by atoms with van der Waals surface area (Å²) in [6.07, 6.45) is 2.89. The molecule has 0 aliphatic heterocycles. The van der Waals surface area contributed by atoms with E-state index in [9.17, 15) is 4.79 Å². The molecule has 1 atom stereocenters. The Balaban J connectivity index is 2.42. The van der Waals surface area contributed by atoms with E-state index >= 15 is 0 Å². The summed E-state index contributed by atoms with van der Waals surface area (Å²) in [6.45, 7) is 0. The Hall–Kier alpha value is -0.370. The van der Waals surface area contributed by atoms with E-state index in [4.69, 9.17) is 0 Å². The minimum absolute atomic E-state index is 0.176. The lowest BCUT2D eigenvalue weighted by Gasteiger charge is -2.02. The highest BCUT2D eigenvalue weighted by atomic mass is 16.1. The summed E-state index contributed by atoms with van der Waals surface area (Å²) in [4.78, 5) is 10.7. The van der Waals surface area contributed by atoms with E-state index in [1.165, 1.54) is 0 Å². The molecular formula is C6H11NO. The highest BCUT2D eigenvalue weighted by Gasteiger charge is 2.21. The summed E-state index contributed by atoms with van der Waals surface area (Å²) in [5, 5.41) is 2.96. The Morgan fingerprint density at radius 3 is 2.75 bits per heavy atom. The first-order valence-electron chi connectivity index (χ1n) is 3.04. The van der Waals surface area contributed by atoms with Crippen molar-refractivity contribution in [1.29, 1.82) is 0 Å². The summed E-state index contributed by atoms with van der Waals surface area (Å²) in [7, 11) is 1.84. The number of ketones is 1. The van der Waals surface area contributed by atoms with Gasteiger partial charge in [-0.2, -0.15) is 0 Å². The van der Waals surface area contributed by atoms with Crippen LogP contribution in [-0.4, -0.2) is 18.9 Å². The third-order valence-electron chi connectivity index (χ3n) is 1.65. The van der Waals surface area contributed by atoms with Gasteiger partial charge in [-0.15, -0.1) is 0 Å². The molecule has 1 rings (SSSR count). The maximum absolute atomic E-state index is 10.7. The fraction of sp³-hybridized carbons (Fsp3) is 0.833. The second kappa shape index (κ2) is 2.27. The summed E-state index contributed by atoms with van der Waals surface area (Å²) in [5.74, 6) is 0.382. The molecule has 0 spiro atoms. The average Bonchev–Trinajstić information content (AvgIpc) is 2.14. The summed E-state index contributed by atoms with van der Waals surface area (Å²) < 4.78 is 0. The van der Waals surface area contributed by atoms with Crippen LogP contribution >= 0.6 is 0 Å². The Morgan fingerprint density at radius 1 is 1.75 bits per heavy atom. The quantitative estimate of drug-likeness (QED) is 0.531. The van der Waals surface area contributed by atoms with Crippen molar-refractivity contribution < 1.29 is 4.79 Å². The molecule has 0 aromatic heterocycles. The Bertz CT molecular complexity index is 101. The second-order valence-electron chi connectivity index (χ2n) is 2.20. The molecule has 0 heterocycles. The molecule has 2 nitrogen and oxygen atoms in total. The van der Waals surface area contributed by atoms with Crippen molar-refractivity contribution in [2.45, 2.75) is 25.3 Å². The smallest absolute Gasteiger partial charge is 0.149 e. The first kappa shape index (κ1) is 5.76. The second-order valence-corrected chi connectivity index (χ2v) is 2.20. The molecule has 0 saturated heterocycles. The maximum atomic E-state index is 10.7. The number of hydrogen-bond acceptors (Lipinski definition) is 2. The zero-order valence-electron chi connectivity index (χ0n) is 5.11. The van der Waals surface area contributed by atoms with Crippen LogP contribution in [0.1, 0.15) is 19.3 Å². The van der Waals surface area contributed by atoms with Gasteiger partial charge in [0, 0.05) is 6.42 Å². The number of likely N-dealkylation sites (N-methyl/N-ethyl adjacent to an activating group) is 1. The molecule has 0 aromatic rings. The summed E-state index contributed by atoms with van der Waals surface area (Å²) >= 11 is 0. The van der Waals surface area contributed by atoms with Gasteiger partial charge >= 0.3 is 0 Å². The zero-order valence-corrected chi connectivity index (χ0v) is 5.11. The number of carbonyl (C=O) groups is 1. The molecule has 0 aromatic carbocycles. The third kappa shape index (κ3) is 0.892. The molecular weight excluding hydrogens is 102 g/mol. The van der Waals surface area contributed by atoms with E-state index in [1.807, 2.05) is 7.05 Å². The monoisotopic (exact) mass is 113 g/mol. The van der Waals surface area contributed by atoms with Crippen molar-refractivity contribution in [2.75, 3.05) is 7.05 Å². The predicted molar refractivity (Wildman–Crippen MR) is 31.7 cm³/mol. The molecule has 0 bridgehead atoms. The van der Waals surface area contributed by atoms with Gasteiger partial charge in [-0.25, -0.2) is 0 Å². The lowest BCUT2D eigenvalue weighted by molar-refractivity contribution is -0.118. The van der Waals surface area contributed by atoms with E-state index in [2.05, 4.69) is 5.32 Å². The van der Waals surface area contributed by atoms with Crippen LogP contribution < -0.4 is 5.32 Å². The van der Waals surface area contributed by atoms with Crippen LogP contribution in [0.15, 0.2) is 0 Å². The van der Waals surface area contributed by atoms with Crippen molar-refractivity contribution in [3.05, 3.63) is 0 Å². The Labute approximate surface area is 49.3 Å². The number of carbonyl (C=O) groups excluding carboxylic acids is 1. The van der Waals surface area contributed by atoms with Crippen LogP contribution in [0, 0.1) is 0 Å². The van der Waals surface area contributed by atoms with Crippen LogP contribution in [0.3, 0.4) is 0 Å². The van der Waals surface area contributed by atoms with E-state index in [1.54, 1.807) is 0 Å². The molecule has 1 aliphatic rings. The number of nitrogens with one attached hydrogen (secondary N) is 1. The molecule has 1 N–H and O–H groups in total. The first-order chi connectivity index (χ1) is 3.84. The third-order valence-corrected chi connectivity index (χ3v) is 1.65. The van der Waals surface area contributed by atoms with E-state index in [-0.39, 0.29) is 6.04 Å². The van der Waals surface area contributed by atoms with Gasteiger partial charge in [0.2, 0.25) is 0 Å². The topological polar surface area (TPSA) is 29.1 Å². The summed E-state index contributed by atoms with van der Waals surface area (Å²) in [6, 6.07) is 0.176. The highest BCUT2D eigenvalue weighted by molar-refractivity contribution is 5.85. The van der Waals surface area contributed by atoms with Gasteiger partial charge in [-0.1, -0.05) is 0 Å². The standard InChI is InChI=1S/C6H11NO/c1-7-5-3-2-4-6(5)8/h5,7H,2-4H2,1H3. The SMILES string of the molecule is CNC1CCCC1=O. The molecule has 1 unspecified atom stereocenters. The zero-order chi connectivity index (χ0) is 5.98. The Kier molecular flexibility index (Phi) is 1.63.